The first kappa shape index (κ1) is 14.5. The van der Waals surface area contributed by atoms with E-state index in [2.05, 4.69) is 18.7 Å². The lowest BCUT2D eigenvalue weighted by Crippen LogP contribution is -2.24. The van der Waals surface area contributed by atoms with Crippen molar-refractivity contribution in [3.05, 3.63) is 34.9 Å². The molecule has 1 saturated heterocycles. The van der Waals surface area contributed by atoms with Gasteiger partial charge in [0.15, 0.2) is 5.78 Å². The molecular formula is C16H22ClNO. The minimum Gasteiger partial charge on any atom is -0.303 e. The smallest absolute Gasteiger partial charge is 0.164 e. The molecule has 0 bridgehead atoms. The topological polar surface area (TPSA) is 20.3 Å². The van der Waals surface area contributed by atoms with Crippen LogP contribution in [0.25, 0.3) is 0 Å². The normalized spacial score (nSPS) is 20.1. The lowest BCUT2D eigenvalue weighted by Gasteiger charge is -2.17. The fourth-order valence-corrected chi connectivity index (χ4v) is 2.78. The third-order valence-corrected chi connectivity index (χ3v) is 4.32. The largest absolute Gasteiger partial charge is 0.303 e. The average molecular weight is 280 g/mol. The highest BCUT2D eigenvalue weighted by atomic mass is 35.5. The molecule has 0 N–H and O–H groups in total. The molecule has 1 atom stereocenters. The number of rotatable bonds is 5. The molecule has 1 heterocycles. The molecule has 0 spiro atoms. The van der Waals surface area contributed by atoms with E-state index >= 15 is 0 Å². The van der Waals surface area contributed by atoms with Crippen LogP contribution < -0.4 is 0 Å². The summed E-state index contributed by atoms with van der Waals surface area (Å²) >= 11 is 5.82. The number of Topliss-reactive ketones (excluding diaryl/α,β-unsaturated/α-hetero) is 1. The van der Waals surface area contributed by atoms with Gasteiger partial charge in [0, 0.05) is 30.1 Å². The van der Waals surface area contributed by atoms with Crippen molar-refractivity contribution in [3.8, 4) is 0 Å². The fourth-order valence-electron chi connectivity index (χ4n) is 2.65. The maximum atomic E-state index is 12.1. The monoisotopic (exact) mass is 279 g/mol. The lowest BCUT2D eigenvalue weighted by atomic mass is 9.95. The van der Waals surface area contributed by atoms with Crippen LogP contribution in [0.15, 0.2) is 24.3 Å². The minimum absolute atomic E-state index is 0.213. The first-order valence-corrected chi connectivity index (χ1v) is 7.45. The van der Waals surface area contributed by atoms with Crippen molar-refractivity contribution in [1.82, 2.24) is 4.90 Å². The van der Waals surface area contributed by atoms with Crippen LogP contribution in [0.2, 0.25) is 5.02 Å². The van der Waals surface area contributed by atoms with Crippen molar-refractivity contribution in [2.45, 2.75) is 26.7 Å². The fraction of sp³-hybridized carbons (Fsp3) is 0.562. The van der Waals surface area contributed by atoms with Gasteiger partial charge in [0.05, 0.1) is 0 Å². The van der Waals surface area contributed by atoms with E-state index in [1.54, 1.807) is 12.1 Å². The van der Waals surface area contributed by atoms with Crippen molar-refractivity contribution in [2.75, 3.05) is 19.6 Å². The van der Waals surface area contributed by atoms with E-state index in [1.165, 1.54) is 6.42 Å². The molecule has 0 saturated carbocycles. The molecule has 0 radical (unpaired) electrons. The van der Waals surface area contributed by atoms with Gasteiger partial charge in [0.2, 0.25) is 0 Å². The summed E-state index contributed by atoms with van der Waals surface area (Å²) in [5.74, 6) is 1.76. The summed E-state index contributed by atoms with van der Waals surface area (Å²) in [5, 5.41) is 0.677. The van der Waals surface area contributed by atoms with Gasteiger partial charge in [0.1, 0.15) is 0 Å². The van der Waals surface area contributed by atoms with Crippen molar-refractivity contribution in [1.29, 1.82) is 0 Å². The minimum atomic E-state index is 0.213. The zero-order valence-electron chi connectivity index (χ0n) is 11.7. The Kier molecular flexibility index (Phi) is 5.00. The maximum Gasteiger partial charge on any atom is 0.164 e. The summed E-state index contributed by atoms with van der Waals surface area (Å²) < 4.78 is 0. The molecule has 3 heteroatoms. The summed E-state index contributed by atoms with van der Waals surface area (Å²) in [7, 11) is 0. The molecular weight excluding hydrogens is 258 g/mol. The Labute approximate surface area is 120 Å². The van der Waals surface area contributed by atoms with E-state index in [-0.39, 0.29) is 5.78 Å². The van der Waals surface area contributed by atoms with E-state index in [0.29, 0.717) is 11.4 Å². The summed E-state index contributed by atoms with van der Waals surface area (Å²) in [6, 6.07) is 7.18. The van der Waals surface area contributed by atoms with E-state index < -0.39 is 0 Å². The molecule has 0 amide bonds. The Balaban J connectivity index is 1.80. The lowest BCUT2D eigenvalue weighted by molar-refractivity contribution is 0.0968. The molecule has 0 aliphatic carbocycles. The molecule has 1 aromatic carbocycles. The molecule has 0 aromatic heterocycles. The number of likely N-dealkylation sites (tertiary alicyclic amines) is 1. The Morgan fingerprint density at radius 3 is 2.63 bits per heavy atom. The van der Waals surface area contributed by atoms with Gasteiger partial charge in [-0.3, -0.25) is 4.79 Å². The number of benzene rings is 1. The molecule has 104 valence electrons. The highest BCUT2D eigenvalue weighted by Gasteiger charge is 2.24. The van der Waals surface area contributed by atoms with Gasteiger partial charge in [-0.1, -0.05) is 25.4 Å². The quantitative estimate of drug-likeness (QED) is 0.762. The summed E-state index contributed by atoms with van der Waals surface area (Å²) in [5.41, 5.74) is 0.768. The molecule has 1 aliphatic rings. The van der Waals surface area contributed by atoms with Gasteiger partial charge in [-0.15, -0.1) is 0 Å². The first-order chi connectivity index (χ1) is 9.06. The summed E-state index contributed by atoms with van der Waals surface area (Å²) in [6.45, 7) is 7.73. The van der Waals surface area contributed by atoms with Crippen LogP contribution in [0.4, 0.5) is 0 Å². The molecule has 2 nitrogen and oxygen atoms in total. The van der Waals surface area contributed by atoms with Gasteiger partial charge < -0.3 is 4.90 Å². The zero-order chi connectivity index (χ0) is 13.8. The molecule has 1 unspecified atom stereocenters. The Morgan fingerprint density at radius 2 is 2.05 bits per heavy atom. The number of hydrogen-bond acceptors (Lipinski definition) is 2. The van der Waals surface area contributed by atoms with Crippen LogP contribution in [0.3, 0.4) is 0 Å². The number of ketones is 1. The van der Waals surface area contributed by atoms with Gasteiger partial charge >= 0.3 is 0 Å². The predicted octanol–water partition coefficient (Wildman–Crippen LogP) is 3.89. The SMILES string of the molecule is CC(C)C1CCN(CCC(=O)c2ccc(Cl)cc2)C1. The van der Waals surface area contributed by atoms with Crippen LogP contribution in [-0.4, -0.2) is 30.3 Å². The number of carbonyl (C=O) groups excluding carboxylic acids is 1. The second-order valence-corrected chi connectivity index (χ2v) is 6.21. The molecule has 1 fully saturated rings. The Bertz CT molecular complexity index is 427. The third-order valence-electron chi connectivity index (χ3n) is 4.07. The van der Waals surface area contributed by atoms with Gasteiger partial charge in [-0.25, -0.2) is 0 Å². The molecule has 2 rings (SSSR count). The van der Waals surface area contributed by atoms with Crippen LogP contribution in [0, 0.1) is 11.8 Å². The van der Waals surface area contributed by atoms with Crippen LogP contribution in [0.5, 0.6) is 0 Å². The van der Waals surface area contributed by atoms with E-state index in [4.69, 9.17) is 11.6 Å². The Morgan fingerprint density at radius 1 is 1.37 bits per heavy atom. The summed E-state index contributed by atoms with van der Waals surface area (Å²) in [4.78, 5) is 14.5. The summed E-state index contributed by atoms with van der Waals surface area (Å²) in [6.07, 6.45) is 1.87. The van der Waals surface area contributed by atoms with E-state index in [1.807, 2.05) is 12.1 Å². The van der Waals surface area contributed by atoms with Gasteiger partial charge in [0.25, 0.3) is 0 Å². The van der Waals surface area contributed by atoms with E-state index in [0.717, 1.165) is 37.0 Å². The number of nitrogens with zero attached hydrogens (tertiary/aromatic N) is 1. The Hall–Kier alpha value is -0.860. The molecule has 1 aromatic rings. The molecule has 19 heavy (non-hydrogen) atoms. The van der Waals surface area contributed by atoms with Crippen molar-refractivity contribution < 1.29 is 4.79 Å². The van der Waals surface area contributed by atoms with Crippen LogP contribution in [0.1, 0.15) is 37.0 Å². The predicted molar refractivity (Wildman–Crippen MR) is 79.8 cm³/mol. The number of carbonyl (C=O) groups is 1. The first-order valence-electron chi connectivity index (χ1n) is 7.07. The third kappa shape index (κ3) is 4.05. The number of halogens is 1. The highest BCUT2D eigenvalue weighted by molar-refractivity contribution is 6.30. The van der Waals surface area contributed by atoms with Crippen molar-refractivity contribution in [2.24, 2.45) is 11.8 Å². The molecule has 1 aliphatic heterocycles. The van der Waals surface area contributed by atoms with Crippen molar-refractivity contribution in [3.63, 3.8) is 0 Å². The highest BCUT2D eigenvalue weighted by Crippen LogP contribution is 2.23. The average Bonchev–Trinajstić information content (AvgIpc) is 2.86. The zero-order valence-corrected chi connectivity index (χ0v) is 12.5. The standard InChI is InChI=1S/C16H22ClNO/c1-12(2)14-7-9-18(11-14)10-8-16(19)13-3-5-15(17)6-4-13/h3-6,12,14H,7-11H2,1-2H3. The van der Waals surface area contributed by atoms with Crippen LogP contribution in [-0.2, 0) is 0 Å². The maximum absolute atomic E-state index is 12.1. The second-order valence-electron chi connectivity index (χ2n) is 5.77. The van der Waals surface area contributed by atoms with Gasteiger partial charge in [-0.2, -0.15) is 0 Å². The van der Waals surface area contributed by atoms with E-state index in [9.17, 15) is 4.79 Å². The van der Waals surface area contributed by atoms with Crippen molar-refractivity contribution >= 4 is 17.4 Å². The second kappa shape index (κ2) is 6.53. The van der Waals surface area contributed by atoms with Gasteiger partial charge in [-0.05, 0) is 49.1 Å². The number of hydrogen-bond donors (Lipinski definition) is 0. The van der Waals surface area contributed by atoms with Crippen LogP contribution >= 0.6 is 11.6 Å².